The van der Waals surface area contributed by atoms with Crippen molar-refractivity contribution >= 4 is 38.9 Å². The molecule has 1 fully saturated rings. The van der Waals surface area contributed by atoms with Crippen molar-refractivity contribution in [1.29, 1.82) is 0 Å². The topological polar surface area (TPSA) is 92.4 Å². The monoisotopic (exact) mass is 324 g/mol. The highest BCUT2D eigenvalue weighted by atomic mass is 35.5. The molecule has 1 aliphatic carbocycles. The van der Waals surface area contributed by atoms with Gasteiger partial charge in [0.1, 0.15) is 4.90 Å². The van der Waals surface area contributed by atoms with E-state index in [0.717, 1.165) is 6.42 Å². The maximum Gasteiger partial charge on any atom is 0.242 e. The molecule has 0 heterocycles. The second kappa shape index (κ2) is 5.10. The van der Waals surface area contributed by atoms with Crippen molar-refractivity contribution in [3.63, 3.8) is 0 Å². The Morgan fingerprint density at radius 3 is 2.53 bits per heavy atom. The molecule has 19 heavy (non-hydrogen) atoms. The molecule has 0 unspecified atom stereocenters. The minimum Gasteiger partial charge on any atom is -0.396 e. The van der Waals surface area contributed by atoms with Gasteiger partial charge >= 0.3 is 0 Å². The normalized spacial score (nSPS) is 18.1. The van der Waals surface area contributed by atoms with Crippen molar-refractivity contribution in [2.75, 3.05) is 12.3 Å². The average molecular weight is 325 g/mol. The SMILES string of the molecule is Nc1c(Cl)ccc(S(=O)(=O)NCC2(O)CCC2)c1Cl. The number of nitrogens with two attached hydrogens (primary N) is 1. The smallest absolute Gasteiger partial charge is 0.242 e. The molecule has 0 spiro atoms. The Balaban J connectivity index is 2.22. The van der Waals surface area contributed by atoms with Crippen molar-refractivity contribution in [1.82, 2.24) is 4.72 Å². The van der Waals surface area contributed by atoms with E-state index in [1.54, 1.807) is 0 Å². The summed E-state index contributed by atoms with van der Waals surface area (Å²) in [7, 11) is -3.82. The molecule has 2 rings (SSSR count). The molecule has 0 bridgehead atoms. The van der Waals surface area contributed by atoms with Gasteiger partial charge in [-0.25, -0.2) is 13.1 Å². The van der Waals surface area contributed by atoms with E-state index in [9.17, 15) is 13.5 Å². The zero-order valence-corrected chi connectivity index (χ0v) is 12.3. The number of halogens is 2. The largest absolute Gasteiger partial charge is 0.396 e. The molecular weight excluding hydrogens is 311 g/mol. The maximum atomic E-state index is 12.1. The van der Waals surface area contributed by atoms with E-state index in [4.69, 9.17) is 28.9 Å². The molecular formula is C11H14Cl2N2O3S. The van der Waals surface area contributed by atoms with Gasteiger partial charge in [-0.1, -0.05) is 23.2 Å². The van der Waals surface area contributed by atoms with Crippen molar-refractivity contribution < 1.29 is 13.5 Å². The second-order valence-corrected chi connectivity index (χ2v) is 7.20. The summed E-state index contributed by atoms with van der Waals surface area (Å²) in [6, 6.07) is 2.66. The van der Waals surface area contributed by atoms with E-state index < -0.39 is 15.6 Å². The first-order chi connectivity index (χ1) is 8.75. The summed E-state index contributed by atoms with van der Waals surface area (Å²) in [4.78, 5) is -0.140. The van der Waals surface area contributed by atoms with Gasteiger partial charge in [-0.3, -0.25) is 0 Å². The van der Waals surface area contributed by atoms with Crippen LogP contribution in [0.15, 0.2) is 17.0 Å². The van der Waals surface area contributed by atoms with Crippen LogP contribution >= 0.6 is 23.2 Å². The molecule has 1 aromatic rings. The molecule has 1 aliphatic rings. The lowest BCUT2D eigenvalue weighted by molar-refractivity contribution is -0.0270. The highest BCUT2D eigenvalue weighted by molar-refractivity contribution is 7.89. The lowest BCUT2D eigenvalue weighted by Gasteiger charge is -2.36. The highest BCUT2D eigenvalue weighted by Crippen LogP contribution is 2.34. The predicted octanol–water partition coefficient (Wildman–Crippen LogP) is 1.77. The maximum absolute atomic E-state index is 12.1. The molecule has 0 saturated heterocycles. The highest BCUT2D eigenvalue weighted by Gasteiger charge is 2.35. The second-order valence-electron chi connectivity index (χ2n) is 4.68. The summed E-state index contributed by atoms with van der Waals surface area (Å²) in [5.74, 6) is 0. The summed E-state index contributed by atoms with van der Waals surface area (Å²) in [5, 5.41) is 9.97. The quantitative estimate of drug-likeness (QED) is 0.736. The van der Waals surface area contributed by atoms with Crippen LogP contribution in [0, 0.1) is 0 Å². The van der Waals surface area contributed by atoms with Gasteiger partial charge in [-0.15, -0.1) is 0 Å². The van der Waals surface area contributed by atoms with Gasteiger partial charge in [0.2, 0.25) is 10.0 Å². The summed E-state index contributed by atoms with van der Waals surface area (Å²) >= 11 is 11.6. The lowest BCUT2D eigenvalue weighted by atomic mass is 9.81. The van der Waals surface area contributed by atoms with Crippen LogP contribution in [0.4, 0.5) is 5.69 Å². The fourth-order valence-corrected chi connectivity index (χ4v) is 3.71. The molecule has 1 saturated carbocycles. The van der Waals surface area contributed by atoms with E-state index >= 15 is 0 Å². The van der Waals surface area contributed by atoms with Crippen LogP contribution in [0.25, 0.3) is 0 Å². The van der Waals surface area contributed by atoms with E-state index in [-0.39, 0.29) is 27.2 Å². The number of nitrogen functional groups attached to an aromatic ring is 1. The lowest BCUT2D eigenvalue weighted by Crippen LogP contribution is -2.47. The average Bonchev–Trinajstić information content (AvgIpc) is 2.31. The van der Waals surface area contributed by atoms with Crippen LogP contribution in [0.3, 0.4) is 0 Å². The Kier molecular flexibility index (Phi) is 3.99. The molecule has 0 radical (unpaired) electrons. The summed E-state index contributed by atoms with van der Waals surface area (Å²) in [5.41, 5.74) is 4.67. The molecule has 0 aromatic heterocycles. The molecule has 8 heteroatoms. The number of benzene rings is 1. The molecule has 0 amide bonds. The first-order valence-corrected chi connectivity index (χ1v) is 7.95. The number of aliphatic hydroxyl groups is 1. The van der Waals surface area contributed by atoms with Gasteiger partial charge in [0.25, 0.3) is 0 Å². The Hall–Kier alpha value is -0.530. The Morgan fingerprint density at radius 1 is 1.37 bits per heavy atom. The van der Waals surface area contributed by atoms with Crippen LogP contribution < -0.4 is 10.5 Å². The summed E-state index contributed by atoms with van der Waals surface area (Å²) < 4.78 is 26.5. The Bertz CT molecular complexity index is 600. The first kappa shape index (κ1) is 14.9. The number of nitrogens with one attached hydrogen (secondary N) is 1. The number of hydrogen-bond donors (Lipinski definition) is 3. The zero-order valence-electron chi connectivity index (χ0n) is 9.99. The molecule has 5 nitrogen and oxygen atoms in total. The van der Waals surface area contributed by atoms with Crippen molar-refractivity contribution in [3.8, 4) is 0 Å². The van der Waals surface area contributed by atoms with E-state index in [1.807, 2.05) is 0 Å². The Morgan fingerprint density at radius 2 is 2.00 bits per heavy atom. The van der Waals surface area contributed by atoms with Gasteiger partial charge in [0, 0.05) is 6.54 Å². The molecule has 0 aliphatic heterocycles. The Labute approximate surface area is 121 Å². The van der Waals surface area contributed by atoms with Gasteiger partial charge < -0.3 is 10.8 Å². The number of rotatable bonds is 4. The van der Waals surface area contributed by atoms with Crippen LogP contribution in [0.1, 0.15) is 19.3 Å². The van der Waals surface area contributed by atoms with Gasteiger partial charge in [0.05, 0.1) is 21.3 Å². The van der Waals surface area contributed by atoms with E-state index in [2.05, 4.69) is 4.72 Å². The zero-order chi connectivity index (χ0) is 14.3. The predicted molar refractivity (Wildman–Crippen MR) is 74.9 cm³/mol. The molecule has 4 N–H and O–H groups in total. The third kappa shape index (κ3) is 2.98. The van der Waals surface area contributed by atoms with Crippen molar-refractivity contribution in [2.45, 2.75) is 29.8 Å². The van der Waals surface area contributed by atoms with E-state index in [1.165, 1.54) is 12.1 Å². The first-order valence-electron chi connectivity index (χ1n) is 5.71. The van der Waals surface area contributed by atoms with E-state index in [0.29, 0.717) is 12.8 Å². The minimum atomic E-state index is -3.82. The fraction of sp³-hybridized carbons (Fsp3) is 0.455. The summed E-state index contributed by atoms with van der Waals surface area (Å²) in [6.07, 6.45) is 2.07. The number of sulfonamides is 1. The summed E-state index contributed by atoms with van der Waals surface area (Å²) in [6.45, 7) is -0.0335. The van der Waals surface area contributed by atoms with Gasteiger partial charge in [-0.2, -0.15) is 0 Å². The molecule has 0 atom stereocenters. The van der Waals surface area contributed by atoms with Crippen LogP contribution in [0.5, 0.6) is 0 Å². The standard InChI is InChI=1S/C11H14Cl2N2O3S/c12-7-2-3-8(9(13)10(7)14)19(17,18)15-6-11(16)4-1-5-11/h2-3,15-16H,1,4-6,14H2. The minimum absolute atomic E-state index is 0.0218. The number of hydrogen-bond acceptors (Lipinski definition) is 4. The molecule has 1 aromatic carbocycles. The molecule has 106 valence electrons. The third-order valence-electron chi connectivity index (χ3n) is 3.26. The van der Waals surface area contributed by atoms with Gasteiger partial charge in [-0.05, 0) is 31.4 Å². The number of anilines is 1. The third-order valence-corrected chi connectivity index (χ3v) is 5.55. The fourth-order valence-electron chi connectivity index (χ4n) is 1.83. The van der Waals surface area contributed by atoms with Crippen molar-refractivity contribution in [2.24, 2.45) is 0 Å². The van der Waals surface area contributed by atoms with Crippen LogP contribution in [-0.4, -0.2) is 25.7 Å². The van der Waals surface area contributed by atoms with Crippen molar-refractivity contribution in [3.05, 3.63) is 22.2 Å². The van der Waals surface area contributed by atoms with Gasteiger partial charge in [0.15, 0.2) is 0 Å². The van der Waals surface area contributed by atoms with Crippen LogP contribution in [-0.2, 0) is 10.0 Å². The van der Waals surface area contributed by atoms with Crippen LogP contribution in [0.2, 0.25) is 10.0 Å².